The van der Waals surface area contributed by atoms with E-state index in [1.54, 1.807) is 0 Å². The molecule has 1 aliphatic carbocycles. The van der Waals surface area contributed by atoms with Crippen LogP contribution in [0.2, 0.25) is 0 Å². The first kappa shape index (κ1) is 16.1. The summed E-state index contributed by atoms with van der Waals surface area (Å²) >= 11 is 0. The van der Waals surface area contributed by atoms with Crippen molar-refractivity contribution in [1.82, 2.24) is 15.5 Å². The molecule has 0 bridgehead atoms. The van der Waals surface area contributed by atoms with Crippen molar-refractivity contribution in [1.29, 1.82) is 0 Å². The van der Waals surface area contributed by atoms with Crippen LogP contribution in [0.25, 0.3) is 0 Å². The van der Waals surface area contributed by atoms with E-state index >= 15 is 0 Å². The van der Waals surface area contributed by atoms with Crippen molar-refractivity contribution in [3.05, 3.63) is 41.5 Å². The molecule has 132 valence electrons. The van der Waals surface area contributed by atoms with E-state index in [-0.39, 0.29) is 5.91 Å². The highest BCUT2D eigenvalue weighted by molar-refractivity contribution is 5.99. The summed E-state index contributed by atoms with van der Waals surface area (Å²) in [6.07, 6.45) is 2.84. The highest BCUT2D eigenvalue weighted by Gasteiger charge is 2.29. The summed E-state index contributed by atoms with van der Waals surface area (Å²) in [6.45, 7) is 3.47. The summed E-state index contributed by atoms with van der Waals surface area (Å²) in [5, 5.41) is 6.94. The van der Waals surface area contributed by atoms with E-state index in [1.165, 1.54) is 0 Å². The van der Waals surface area contributed by atoms with Crippen LogP contribution in [0.3, 0.4) is 0 Å². The molecule has 1 N–H and O–H groups in total. The van der Waals surface area contributed by atoms with E-state index in [2.05, 4.69) is 20.4 Å². The fraction of sp³-hybridized carbons (Fsp3) is 0.500. The third-order valence-electron chi connectivity index (χ3n) is 4.55. The van der Waals surface area contributed by atoms with Gasteiger partial charge in [-0.2, -0.15) is 4.98 Å². The zero-order valence-electron chi connectivity index (χ0n) is 14.1. The number of carbonyl (C=O) groups is 1. The Hall–Kier alpha value is -2.41. The van der Waals surface area contributed by atoms with Crippen LogP contribution in [0.1, 0.15) is 40.8 Å². The molecule has 25 heavy (non-hydrogen) atoms. The highest BCUT2D eigenvalue weighted by atomic mass is 16.5. The lowest BCUT2D eigenvalue weighted by Gasteiger charge is -2.30. The minimum atomic E-state index is -0.0759. The third kappa shape index (κ3) is 3.82. The van der Waals surface area contributed by atoms with E-state index in [9.17, 15) is 4.79 Å². The van der Waals surface area contributed by atoms with Gasteiger partial charge in [-0.25, -0.2) is 0 Å². The maximum Gasteiger partial charge on any atom is 0.253 e. The Morgan fingerprint density at radius 1 is 1.24 bits per heavy atom. The Labute approximate surface area is 146 Å². The van der Waals surface area contributed by atoms with Gasteiger partial charge in [0.1, 0.15) is 0 Å². The summed E-state index contributed by atoms with van der Waals surface area (Å²) in [5.74, 6) is 1.77. The summed E-state index contributed by atoms with van der Waals surface area (Å²) in [7, 11) is 0. The van der Waals surface area contributed by atoms with Crippen molar-refractivity contribution in [2.24, 2.45) is 0 Å². The molecule has 2 aliphatic rings. The molecule has 1 aromatic heterocycles. The number of hydrogen-bond acceptors (Lipinski definition) is 6. The van der Waals surface area contributed by atoms with Crippen molar-refractivity contribution >= 4 is 11.6 Å². The monoisotopic (exact) mass is 342 g/mol. The number of nitrogens with zero attached hydrogens (tertiary/aromatic N) is 3. The number of rotatable bonds is 6. The van der Waals surface area contributed by atoms with Crippen LogP contribution in [0.4, 0.5) is 5.69 Å². The molecule has 0 atom stereocenters. The normalized spacial score (nSPS) is 17.5. The maximum absolute atomic E-state index is 12.6. The molecule has 1 aromatic carbocycles. The molecule has 1 saturated heterocycles. The molecule has 1 saturated carbocycles. The van der Waals surface area contributed by atoms with Gasteiger partial charge in [0, 0.05) is 37.7 Å². The molecule has 4 rings (SSSR count). The molecule has 2 aromatic rings. The van der Waals surface area contributed by atoms with E-state index in [1.807, 2.05) is 24.3 Å². The molecule has 7 nitrogen and oxygen atoms in total. The lowest BCUT2D eigenvalue weighted by molar-refractivity contribution is 0.0952. The zero-order chi connectivity index (χ0) is 17.1. The Morgan fingerprint density at radius 2 is 2.04 bits per heavy atom. The molecular formula is C18H22N4O3. The summed E-state index contributed by atoms with van der Waals surface area (Å²) in [5.41, 5.74) is 1.65. The predicted octanol–water partition coefficient (Wildman–Crippen LogP) is 1.76. The smallest absolute Gasteiger partial charge is 0.253 e. The van der Waals surface area contributed by atoms with Gasteiger partial charge in [-0.15, -0.1) is 0 Å². The minimum absolute atomic E-state index is 0.0759. The fourth-order valence-corrected chi connectivity index (χ4v) is 2.99. The molecule has 0 radical (unpaired) electrons. The fourth-order valence-electron chi connectivity index (χ4n) is 2.99. The lowest BCUT2D eigenvalue weighted by Crippen LogP contribution is -2.38. The molecular weight excluding hydrogens is 320 g/mol. The van der Waals surface area contributed by atoms with Gasteiger partial charge in [-0.3, -0.25) is 4.79 Å². The molecule has 0 spiro atoms. The number of carbonyl (C=O) groups excluding carboxylic acids is 1. The molecule has 7 heteroatoms. The van der Waals surface area contributed by atoms with E-state index < -0.39 is 0 Å². The molecule has 1 aliphatic heterocycles. The maximum atomic E-state index is 12.6. The lowest BCUT2D eigenvalue weighted by atomic mass is 10.1. The zero-order valence-corrected chi connectivity index (χ0v) is 14.1. The third-order valence-corrected chi connectivity index (χ3v) is 4.55. The highest BCUT2D eigenvalue weighted by Crippen LogP contribution is 2.38. The van der Waals surface area contributed by atoms with Gasteiger partial charge in [-0.1, -0.05) is 17.3 Å². The Balaban J connectivity index is 1.35. The van der Waals surface area contributed by atoms with E-state index in [4.69, 9.17) is 9.26 Å². The van der Waals surface area contributed by atoms with Crippen molar-refractivity contribution < 1.29 is 14.1 Å². The van der Waals surface area contributed by atoms with Gasteiger partial charge in [0.2, 0.25) is 5.89 Å². The van der Waals surface area contributed by atoms with Gasteiger partial charge in [0.15, 0.2) is 5.82 Å². The molecule has 2 heterocycles. The van der Waals surface area contributed by atoms with Gasteiger partial charge in [0.05, 0.1) is 18.8 Å². The SMILES string of the molecule is O=C(NCCc1noc(C2CC2)n1)c1ccccc1N1CCOCC1. The number of para-hydroxylation sites is 1. The number of hydrogen-bond donors (Lipinski definition) is 1. The Bertz CT molecular complexity index is 735. The number of amides is 1. The van der Waals surface area contributed by atoms with Crippen LogP contribution < -0.4 is 10.2 Å². The first-order valence-corrected chi connectivity index (χ1v) is 8.83. The van der Waals surface area contributed by atoms with Crippen molar-refractivity contribution in [2.45, 2.75) is 25.2 Å². The minimum Gasteiger partial charge on any atom is -0.378 e. The molecule has 2 fully saturated rings. The standard InChI is InChI=1S/C18H22N4O3/c23-17(19-8-7-16-20-18(25-21-16)13-5-6-13)14-3-1-2-4-15(14)22-9-11-24-12-10-22/h1-4,13H,5-12H2,(H,19,23). The van der Waals surface area contributed by atoms with Crippen LogP contribution in [-0.2, 0) is 11.2 Å². The number of ether oxygens (including phenoxy) is 1. The van der Waals surface area contributed by atoms with Crippen LogP contribution >= 0.6 is 0 Å². The summed E-state index contributed by atoms with van der Waals surface area (Å²) in [4.78, 5) is 19.2. The van der Waals surface area contributed by atoms with Gasteiger partial charge < -0.3 is 19.5 Å². The quantitative estimate of drug-likeness (QED) is 0.861. The molecule has 1 amide bonds. The van der Waals surface area contributed by atoms with Crippen molar-refractivity contribution in [3.8, 4) is 0 Å². The second kappa shape index (κ2) is 7.23. The summed E-state index contributed by atoms with van der Waals surface area (Å²) in [6, 6.07) is 7.70. The summed E-state index contributed by atoms with van der Waals surface area (Å²) < 4.78 is 10.6. The first-order chi connectivity index (χ1) is 12.3. The topological polar surface area (TPSA) is 80.5 Å². The van der Waals surface area contributed by atoms with Crippen molar-refractivity contribution in [3.63, 3.8) is 0 Å². The second-order valence-electron chi connectivity index (χ2n) is 6.45. The van der Waals surface area contributed by atoms with E-state index in [0.717, 1.165) is 37.5 Å². The number of aromatic nitrogens is 2. The predicted molar refractivity (Wildman–Crippen MR) is 91.8 cm³/mol. The average Bonchev–Trinajstić information content (AvgIpc) is 3.41. The van der Waals surface area contributed by atoms with Crippen LogP contribution in [0.5, 0.6) is 0 Å². The van der Waals surface area contributed by atoms with Crippen LogP contribution in [0, 0.1) is 0 Å². The average molecular weight is 342 g/mol. The van der Waals surface area contributed by atoms with E-state index in [0.29, 0.717) is 43.5 Å². The van der Waals surface area contributed by atoms with Crippen molar-refractivity contribution in [2.75, 3.05) is 37.7 Å². The number of nitrogens with one attached hydrogen (secondary N) is 1. The Kier molecular flexibility index (Phi) is 4.65. The van der Waals surface area contributed by atoms with Crippen LogP contribution in [0.15, 0.2) is 28.8 Å². The van der Waals surface area contributed by atoms with Gasteiger partial charge >= 0.3 is 0 Å². The molecule has 0 unspecified atom stereocenters. The number of anilines is 1. The first-order valence-electron chi connectivity index (χ1n) is 8.83. The number of morpholine rings is 1. The largest absolute Gasteiger partial charge is 0.378 e. The van der Waals surface area contributed by atoms with Gasteiger partial charge in [0.25, 0.3) is 5.91 Å². The van der Waals surface area contributed by atoms with Gasteiger partial charge in [-0.05, 0) is 25.0 Å². The Morgan fingerprint density at radius 3 is 2.84 bits per heavy atom. The second-order valence-corrected chi connectivity index (χ2v) is 6.45. The van der Waals surface area contributed by atoms with Crippen LogP contribution in [-0.4, -0.2) is 48.9 Å². The number of benzene rings is 1.